The maximum Gasteiger partial charge on any atom is 0.253 e. The van der Waals surface area contributed by atoms with Crippen LogP contribution < -0.4 is 10.6 Å². The van der Waals surface area contributed by atoms with Gasteiger partial charge in [-0.2, -0.15) is 0 Å². The molecule has 2 rings (SSSR count). The molecule has 0 aromatic heterocycles. The quantitative estimate of drug-likeness (QED) is 0.277. The highest BCUT2D eigenvalue weighted by atomic mass is 127. The lowest BCUT2D eigenvalue weighted by atomic mass is 9.84. The zero-order chi connectivity index (χ0) is 22.9. The number of benzene rings is 1. The number of carbonyl (C=O) groups excluding carboxylic acids is 2. The topological polar surface area (TPSA) is 77.0 Å². The lowest BCUT2D eigenvalue weighted by Crippen LogP contribution is -2.49. The molecule has 1 saturated carbocycles. The summed E-state index contributed by atoms with van der Waals surface area (Å²) in [7, 11) is 3.66. The molecular weight excluding hydrogens is 517 g/mol. The van der Waals surface area contributed by atoms with Crippen molar-refractivity contribution in [3.8, 4) is 0 Å². The number of nitrogens with zero attached hydrogens (tertiary/aromatic N) is 3. The highest BCUT2D eigenvalue weighted by Gasteiger charge is 2.42. The predicted molar refractivity (Wildman–Crippen MR) is 142 cm³/mol. The van der Waals surface area contributed by atoms with Crippen LogP contribution in [0.25, 0.3) is 0 Å². The van der Waals surface area contributed by atoms with Crippen LogP contribution in [-0.4, -0.2) is 67.8 Å². The van der Waals surface area contributed by atoms with Crippen LogP contribution in [0.15, 0.2) is 29.3 Å². The number of halogens is 1. The van der Waals surface area contributed by atoms with Crippen LogP contribution in [-0.2, 0) is 11.3 Å². The van der Waals surface area contributed by atoms with Crippen molar-refractivity contribution in [2.45, 2.75) is 53.0 Å². The van der Waals surface area contributed by atoms with Crippen molar-refractivity contribution in [3.63, 3.8) is 0 Å². The number of guanidine groups is 1. The van der Waals surface area contributed by atoms with E-state index in [4.69, 9.17) is 4.99 Å². The molecule has 0 atom stereocenters. The fraction of sp³-hybridized carbons (Fsp3) is 0.625. The van der Waals surface area contributed by atoms with Gasteiger partial charge in [0.2, 0.25) is 5.91 Å². The fourth-order valence-electron chi connectivity index (χ4n) is 4.20. The Labute approximate surface area is 210 Å². The molecule has 1 aromatic carbocycles. The van der Waals surface area contributed by atoms with E-state index in [1.165, 1.54) is 0 Å². The van der Waals surface area contributed by atoms with Gasteiger partial charge in [-0.25, -0.2) is 4.99 Å². The third-order valence-corrected chi connectivity index (χ3v) is 6.03. The van der Waals surface area contributed by atoms with Crippen molar-refractivity contribution in [1.29, 1.82) is 0 Å². The van der Waals surface area contributed by atoms with E-state index in [1.807, 2.05) is 64.0 Å². The number of hydrogen-bond acceptors (Lipinski definition) is 3. The standard InChI is InChI=1S/C24H39N5O2.HI/c1-6-25-23(27-18-24(15-9-10-16-24)22(31)28(4)5)26-17-19-11-13-20(14-12-19)21(30)29(7-2)8-3;/h11-14H,6-10,15-18H2,1-5H3,(H2,25,26,27);1H. The molecule has 8 heteroatoms. The number of aliphatic imine (C=N–C) groups is 1. The Hall–Kier alpha value is -1.84. The first kappa shape index (κ1) is 28.2. The van der Waals surface area contributed by atoms with Crippen LogP contribution >= 0.6 is 24.0 Å². The van der Waals surface area contributed by atoms with Crippen LogP contribution in [0, 0.1) is 5.41 Å². The molecule has 0 heterocycles. The molecule has 1 aliphatic rings. The summed E-state index contributed by atoms with van der Waals surface area (Å²) in [6.45, 7) is 9.26. The number of rotatable bonds is 9. The second-order valence-corrected chi connectivity index (χ2v) is 8.41. The van der Waals surface area contributed by atoms with Crippen molar-refractivity contribution < 1.29 is 9.59 Å². The second-order valence-electron chi connectivity index (χ2n) is 8.41. The maximum atomic E-state index is 12.8. The molecule has 180 valence electrons. The van der Waals surface area contributed by atoms with Gasteiger partial charge in [-0.15, -0.1) is 24.0 Å². The van der Waals surface area contributed by atoms with E-state index in [1.54, 1.807) is 4.90 Å². The van der Waals surface area contributed by atoms with E-state index >= 15 is 0 Å². The summed E-state index contributed by atoms with van der Waals surface area (Å²) in [6.07, 6.45) is 4.01. The van der Waals surface area contributed by atoms with Crippen LogP contribution in [0.4, 0.5) is 0 Å². The molecule has 1 fully saturated rings. The van der Waals surface area contributed by atoms with Gasteiger partial charge in [0.1, 0.15) is 0 Å². The molecule has 0 unspecified atom stereocenters. The van der Waals surface area contributed by atoms with E-state index in [0.29, 0.717) is 37.7 Å². The summed E-state index contributed by atoms with van der Waals surface area (Å²) in [4.78, 5) is 33.5. The van der Waals surface area contributed by atoms with Crippen LogP contribution in [0.2, 0.25) is 0 Å². The molecule has 0 saturated heterocycles. The Balaban J connectivity index is 0.00000512. The maximum absolute atomic E-state index is 12.8. The summed E-state index contributed by atoms with van der Waals surface area (Å²) >= 11 is 0. The molecule has 0 bridgehead atoms. The second kappa shape index (κ2) is 13.6. The van der Waals surface area contributed by atoms with E-state index in [-0.39, 0.29) is 41.2 Å². The Kier molecular flexibility index (Phi) is 12.0. The van der Waals surface area contributed by atoms with Crippen molar-refractivity contribution in [3.05, 3.63) is 35.4 Å². The first-order valence-electron chi connectivity index (χ1n) is 11.5. The average molecular weight is 558 g/mol. The normalized spacial score (nSPS) is 15.0. The molecule has 7 nitrogen and oxygen atoms in total. The highest BCUT2D eigenvalue weighted by molar-refractivity contribution is 14.0. The average Bonchev–Trinajstić information content (AvgIpc) is 3.26. The van der Waals surface area contributed by atoms with Gasteiger partial charge in [-0.05, 0) is 51.3 Å². The van der Waals surface area contributed by atoms with Crippen molar-refractivity contribution in [1.82, 2.24) is 20.4 Å². The highest BCUT2D eigenvalue weighted by Crippen LogP contribution is 2.38. The van der Waals surface area contributed by atoms with Gasteiger partial charge in [-0.1, -0.05) is 25.0 Å². The lowest BCUT2D eigenvalue weighted by molar-refractivity contribution is -0.138. The Morgan fingerprint density at radius 1 is 1.00 bits per heavy atom. The van der Waals surface area contributed by atoms with Gasteiger partial charge in [0.15, 0.2) is 5.96 Å². The van der Waals surface area contributed by atoms with Crippen LogP contribution in [0.3, 0.4) is 0 Å². The Bertz CT molecular complexity index is 754. The minimum absolute atomic E-state index is 0. The van der Waals surface area contributed by atoms with Crippen molar-refractivity contribution >= 4 is 41.8 Å². The molecule has 2 amide bonds. The molecular formula is C24H40IN5O2. The first-order chi connectivity index (χ1) is 14.9. The van der Waals surface area contributed by atoms with Gasteiger partial charge in [0.05, 0.1) is 12.0 Å². The van der Waals surface area contributed by atoms with E-state index in [9.17, 15) is 9.59 Å². The van der Waals surface area contributed by atoms with E-state index in [2.05, 4.69) is 10.6 Å². The molecule has 2 N–H and O–H groups in total. The third-order valence-electron chi connectivity index (χ3n) is 6.03. The molecule has 1 aromatic rings. The van der Waals surface area contributed by atoms with Gasteiger partial charge in [-0.3, -0.25) is 9.59 Å². The van der Waals surface area contributed by atoms with Gasteiger partial charge < -0.3 is 20.4 Å². The molecule has 0 spiro atoms. The van der Waals surface area contributed by atoms with Crippen LogP contribution in [0.5, 0.6) is 0 Å². The molecule has 32 heavy (non-hydrogen) atoms. The summed E-state index contributed by atoms with van der Waals surface area (Å²) in [6, 6.07) is 7.65. The Morgan fingerprint density at radius 3 is 2.09 bits per heavy atom. The van der Waals surface area contributed by atoms with E-state index in [0.717, 1.165) is 37.8 Å². The van der Waals surface area contributed by atoms with Crippen molar-refractivity contribution in [2.24, 2.45) is 10.4 Å². The molecule has 1 aliphatic carbocycles. The number of hydrogen-bond donors (Lipinski definition) is 2. The number of amides is 2. The van der Waals surface area contributed by atoms with Gasteiger partial charge in [0, 0.05) is 45.8 Å². The predicted octanol–water partition coefficient (Wildman–Crippen LogP) is 3.49. The number of carbonyl (C=O) groups is 2. The first-order valence-corrected chi connectivity index (χ1v) is 11.5. The SMILES string of the molecule is CCNC(=NCc1ccc(C(=O)N(CC)CC)cc1)NCC1(C(=O)N(C)C)CCCC1.I. The minimum atomic E-state index is -0.341. The smallest absolute Gasteiger partial charge is 0.253 e. The lowest BCUT2D eigenvalue weighted by Gasteiger charge is -2.31. The largest absolute Gasteiger partial charge is 0.357 e. The Morgan fingerprint density at radius 2 is 1.59 bits per heavy atom. The van der Waals surface area contributed by atoms with Gasteiger partial charge >= 0.3 is 0 Å². The molecule has 0 aliphatic heterocycles. The van der Waals surface area contributed by atoms with E-state index < -0.39 is 0 Å². The fourth-order valence-corrected chi connectivity index (χ4v) is 4.20. The summed E-state index contributed by atoms with van der Waals surface area (Å²) in [5.41, 5.74) is 1.40. The summed E-state index contributed by atoms with van der Waals surface area (Å²) in [5, 5.41) is 6.67. The summed E-state index contributed by atoms with van der Waals surface area (Å²) < 4.78 is 0. The van der Waals surface area contributed by atoms with Gasteiger partial charge in [0.25, 0.3) is 5.91 Å². The zero-order valence-electron chi connectivity index (χ0n) is 20.2. The number of nitrogens with one attached hydrogen (secondary N) is 2. The third kappa shape index (κ3) is 7.35. The molecule has 0 radical (unpaired) electrons. The monoisotopic (exact) mass is 557 g/mol. The summed E-state index contributed by atoms with van der Waals surface area (Å²) in [5.74, 6) is 0.966. The van der Waals surface area contributed by atoms with Crippen molar-refractivity contribution in [2.75, 3.05) is 40.3 Å². The van der Waals surface area contributed by atoms with Crippen LogP contribution in [0.1, 0.15) is 62.4 Å². The zero-order valence-corrected chi connectivity index (χ0v) is 22.6. The minimum Gasteiger partial charge on any atom is -0.357 e.